The number of aliphatic hydroxyl groups is 4. The molecule has 3 fully saturated rings. The first-order valence-electron chi connectivity index (χ1n) is 15.2. The van der Waals surface area contributed by atoms with E-state index >= 15 is 0 Å². The van der Waals surface area contributed by atoms with E-state index < -0.39 is 103 Å². The molecule has 6 unspecified atom stereocenters. The van der Waals surface area contributed by atoms with Crippen molar-refractivity contribution in [1.82, 2.24) is 36.8 Å². The van der Waals surface area contributed by atoms with Crippen molar-refractivity contribution in [2.75, 3.05) is 39.5 Å². The fourth-order valence-electron chi connectivity index (χ4n) is 5.25. The lowest BCUT2D eigenvalue weighted by atomic mass is 10.1. The second-order valence-electron chi connectivity index (χ2n) is 11.6. The number of unbranched alkanes of at least 4 members (excludes halogenated alkanes) is 1. The van der Waals surface area contributed by atoms with Crippen LogP contribution in [0, 0.1) is 0 Å². The second kappa shape index (κ2) is 16.6. The number of aliphatic hydroxyl groups excluding tert-OH is 4. The van der Waals surface area contributed by atoms with Crippen LogP contribution in [-0.2, 0) is 33.6 Å². The number of fused-ring (bicyclic) bond motifs is 1. The molecule has 7 amide bonds. The molecule has 0 bridgehead atoms. The molecule has 0 aromatic heterocycles. The summed E-state index contributed by atoms with van der Waals surface area (Å²) in [6, 6.07) is -7.05. The standard InChI is InChI=1S/C27H44N8O11/c28-7-2-1-3-15-21(41)29-8-4-20(40)30-16(11-36)22(42)32-18(13-38)24(44)34-27(5-6-27)26(46)35-10-14(39)9-19(35)25(45)33-17(12-37)23(43)31-15/h14-19,36-39H,1-13,28H2,(H,29,41)(H,30,40)(H,31,43)(H,32,42)(H,33,45)(H,34,44). The van der Waals surface area contributed by atoms with E-state index in [1.54, 1.807) is 0 Å². The third kappa shape index (κ3) is 9.32. The zero-order valence-corrected chi connectivity index (χ0v) is 25.3. The van der Waals surface area contributed by atoms with Crippen LogP contribution in [0.1, 0.15) is 44.9 Å². The van der Waals surface area contributed by atoms with Crippen LogP contribution >= 0.6 is 0 Å². The van der Waals surface area contributed by atoms with E-state index in [9.17, 15) is 54.0 Å². The molecule has 3 rings (SSSR count). The molecule has 2 heterocycles. The number of carbonyl (C=O) groups is 7. The summed E-state index contributed by atoms with van der Waals surface area (Å²) in [5.74, 6) is -5.88. The molecule has 0 aromatic rings. The normalized spacial score (nSPS) is 30.1. The van der Waals surface area contributed by atoms with Crippen molar-refractivity contribution in [3.8, 4) is 0 Å². The van der Waals surface area contributed by atoms with Gasteiger partial charge in [-0.1, -0.05) is 0 Å². The van der Waals surface area contributed by atoms with Crippen LogP contribution in [0.5, 0.6) is 0 Å². The number of nitrogens with one attached hydrogen (secondary N) is 6. The van der Waals surface area contributed by atoms with Crippen LogP contribution in [0.3, 0.4) is 0 Å². The third-order valence-electron chi connectivity index (χ3n) is 8.06. The van der Waals surface area contributed by atoms with Gasteiger partial charge in [0.15, 0.2) is 0 Å². The molecule has 2 saturated heterocycles. The van der Waals surface area contributed by atoms with Crippen molar-refractivity contribution in [3.63, 3.8) is 0 Å². The van der Waals surface area contributed by atoms with Gasteiger partial charge in [-0.2, -0.15) is 0 Å². The lowest BCUT2D eigenvalue weighted by Gasteiger charge is -2.30. The lowest BCUT2D eigenvalue weighted by molar-refractivity contribution is -0.144. The van der Waals surface area contributed by atoms with Gasteiger partial charge in [-0.05, 0) is 38.6 Å². The number of nitrogens with two attached hydrogens (primary N) is 1. The zero-order chi connectivity index (χ0) is 34.0. The van der Waals surface area contributed by atoms with Gasteiger partial charge in [-0.25, -0.2) is 0 Å². The van der Waals surface area contributed by atoms with E-state index in [-0.39, 0.29) is 45.2 Å². The predicted molar refractivity (Wildman–Crippen MR) is 156 cm³/mol. The first-order chi connectivity index (χ1) is 21.9. The highest BCUT2D eigenvalue weighted by Gasteiger charge is 2.56. The average Bonchev–Trinajstić information content (AvgIpc) is 3.70. The van der Waals surface area contributed by atoms with Gasteiger partial charge in [-0.15, -0.1) is 0 Å². The Hall–Kier alpha value is -3.91. The Balaban J connectivity index is 1.89. The van der Waals surface area contributed by atoms with E-state index in [1.165, 1.54) is 0 Å². The molecule has 0 aromatic carbocycles. The van der Waals surface area contributed by atoms with Crippen molar-refractivity contribution in [3.05, 3.63) is 0 Å². The highest BCUT2D eigenvalue weighted by atomic mass is 16.3. The first kappa shape index (κ1) is 36.6. The van der Waals surface area contributed by atoms with E-state index in [1.807, 2.05) is 0 Å². The molecule has 1 saturated carbocycles. The molecule has 19 nitrogen and oxygen atoms in total. The summed E-state index contributed by atoms with van der Waals surface area (Å²) in [6.07, 6.45) is -0.265. The highest BCUT2D eigenvalue weighted by molar-refractivity contribution is 6.00. The number of carbonyl (C=O) groups excluding carboxylic acids is 7. The summed E-state index contributed by atoms with van der Waals surface area (Å²) < 4.78 is 0. The van der Waals surface area contributed by atoms with Gasteiger partial charge in [0.25, 0.3) is 0 Å². The van der Waals surface area contributed by atoms with Gasteiger partial charge in [0.2, 0.25) is 41.4 Å². The Morgan fingerprint density at radius 2 is 1.30 bits per heavy atom. The Kier molecular flexibility index (Phi) is 13.2. The minimum absolute atomic E-state index is 0.136. The largest absolute Gasteiger partial charge is 0.394 e. The number of hydrogen-bond acceptors (Lipinski definition) is 12. The van der Waals surface area contributed by atoms with Gasteiger partial charge < -0.3 is 63.0 Å². The van der Waals surface area contributed by atoms with Gasteiger partial charge in [0.1, 0.15) is 35.7 Å². The fraction of sp³-hybridized carbons (Fsp3) is 0.741. The maximum absolute atomic E-state index is 13.6. The number of amides is 7. The van der Waals surface area contributed by atoms with Crippen molar-refractivity contribution >= 4 is 41.4 Å². The zero-order valence-electron chi connectivity index (χ0n) is 25.3. The van der Waals surface area contributed by atoms with Crippen LogP contribution in [0.2, 0.25) is 0 Å². The molecule has 46 heavy (non-hydrogen) atoms. The summed E-state index contributed by atoms with van der Waals surface area (Å²) in [5.41, 5.74) is 4.04. The summed E-state index contributed by atoms with van der Waals surface area (Å²) in [6.45, 7) is -2.81. The molecule has 2 aliphatic heterocycles. The summed E-state index contributed by atoms with van der Waals surface area (Å²) in [4.78, 5) is 92.3. The highest BCUT2D eigenvalue weighted by Crippen LogP contribution is 2.39. The Bertz CT molecular complexity index is 1170. The minimum atomic E-state index is -1.58. The maximum atomic E-state index is 13.6. The van der Waals surface area contributed by atoms with Crippen LogP contribution in [-0.4, -0.2) is 148 Å². The van der Waals surface area contributed by atoms with E-state index in [0.29, 0.717) is 19.4 Å². The van der Waals surface area contributed by atoms with E-state index in [0.717, 1.165) is 4.90 Å². The SMILES string of the molecule is NCCCCC1NC(=O)C(CO)NC(=O)C2CC(O)CN2C(=O)C2(CC2)NC(=O)C(CO)NC(=O)C(CO)NC(=O)CCNC1=O. The monoisotopic (exact) mass is 656 g/mol. The fourth-order valence-corrected chi connectivity index (χ4v) is 5.25. The van der Waals surface area contributed by atoms with Gasteiger partial charge >= 0.3 is 0 Å². The summed E-state index contributed by atoms with van der Waals surface area (Å²) >= 11 is 0. The third-order valence-corrected chi connectivity index (χ3v) is 8.06. The number of rotatable bonds is 7. The quantitative estimate of drug-likeness (QED) is 0.114. The van der Waals surface area contributed by atoms with Gasteiger partial charge in [-0.3, -0.25) is 33.6 Å². The van der Waals surface area contributed by atoms with Crippen LogP contribution in [0.25, 0.3) is 0 Å². The summed E-state index contributed by atoms with van der Waals surface area (Å²) in [7, 11) is 0. The molecule has 1 spiro atoms. The molecule has 258 valence electrons. The van der Waals surface area contributed by atoms with E-state index in [4.69, 9.17) is 5.73 Å². The van der Waals surface area contributed by atoms with Gasteiger partial charge in [0, 0.05) is 25.9 Å². The number of hydrogen-bond donors (Lipinski definition) is 11. The molecular formula is C27H44N8O11. The smallest absolute Gasteiger partial charge is 0.249 e. The first-order valence-corrected chi connectivity index (χ1v) is 15.2. The van der Waals surface area contributed by atoms with Gasteiger partial charge in [0.05, 0.1) is 25.9 Å². The Morgan fingerprint density at radius 3 is 1.89 bits per heavy atom. The molecular weight excluding hydrogens is 612 g/mol. The minimum Gasteiger partial charge on any atom is -0.394 e. The second-order valence-corrected chi connectivity index (χ2v) is 11.6. The number of nitrogens with zero attached hydrogens (tertiary/aromatic N) is 1. The van der Waals surface area contributed by atoms with Crippen LogP contribution in [0.4, 0.5) is 0 Å². The molecule has 19 heteroatoms. The van der Waals surface area contributed by atoms with Crippen LogP contribution in [0.15, 0.2) is 0 Å². The Morgan fingerprint density at radius 1 is 0.739 bits per heavy atom. The molecule has 6 atom stereocenters. The predicted octanol–water partition coefficient (Wildman–Crippen LogP) is -6.84. The topological polar surface area (TPSA) is 302 Å². The van der Waals surface area contributed by atoms with Crippen molar-refractivity contribution in [2.24, 2.45) is 5.73 Å². The molecule has 1 aliphatic carbocycles. The lowest BCUT2D eigenvalue weighted by Crippen LogP contribution is -2.61. The van der Waals surface area contributed by atoms with Crippen LogP contribution < -0.4 is 37.6 Å². The molecule has 12 N–H and O–H groups in total. The maximum Gasteiger partial charge on any atom is 0.249 e. The Labute approximate surface area is 264 Å². The van der Waals surface area contributed by atoms with Crippen molar-refractivity contribution in [2.45, 2.75) is 86.8 Å². The molecule has 3 aliphatic rings. The van der Waals surface area contributed by atoms with Crippen molar-refractivity contribution < 1.29 is 54.0 Å². The summed E-state index contributed by atoms with van der Waals surface area (Å²) in [5, 5.41) is 54.1. The molecule has 0 radical (unpaired) electrons. The van der Waals surface area contributed by atoms with E-state index in [2.05, 4.69) is 31.9 Å². The average molecular weight is 657 g/mol. The van der Waals surface area contributed by atoms with Crippen molar-refractivity contribution in [1.29, 1.82) is 0 Å².